The van der Waals surface area contributed by atoms with Crippen LogP contribution in [0.25, 0.3) is 0 Å². The molecule has 0 amide bonds. The molecule has 0 spiro atoms. The zero-order valence-corrected chi connectivity index (χ0v) is 19.3. The summed E-state index contributed by atoms with van der Waals surface area (Å²) in [5.41, 5.74) is 0. The van der Waals surface area contributed by atoms with Crippen LogP contribution in [0.3, 0.4) is 0 Å². The van der Waals surface area contributed by atoms with E-state index >= 15 is 0 Å². The van der Waals surface area contributed by atoms with Crippen molar-refractivity contribution in [2.75, 3.05) is 65.9 Å². The molecule has 0 saturated carbocycles. The molecule has 0 unspecified atom stereocenters. The van der Waals surface area contributed by atoms with E-state index in [-0.39, 0.29) is 24.0 Å². The number of hydrogen-bond donors (Lipinski definition) is 2. The molecule has 10 heteroatoms. The van der Waals surface area contributed by atoms with E-state index in [0.717, 1.165) is 44.9 Å². The van der Waals surface area contributed by atoms with E-state index < -0.39 is 10.0 Å². The van der Waals surface area contributed by atoms with Gasteiger partial charge in [-0.1, -0.05) is 0 Å². The Balaban J connectivity index is 0.00000625. The molecule has 0 aliphatic carbocycles. The lowest BCUT2D eigenvalue weighted by molar-refractivity contribution is 0.0698. The molecule has 0 bridgehead atoms. The Morgan fingerprint density at radius 2 is 1.88 bits per heavy atom. The molecule has 1 aliphatic heterocycles. The summed E-state index contributed by atoms with van der Waals surface area (Å²) in [7, 11) is -1.40. The van der Waals surface area contributed by atoms with Gasteiger partial charge in [0.05, 0.1) is 19.5 Å². The second kappa shape index (κ2) is 14.8. The van der Waals surface area contributed by atoms with Crippen molar-refractivity contribution in [2.24, 2.45) is 10.9 Å². The van der Waals surface area contributed by atoms with Crippen LogP contribution in [0.2, 0.25) is 0 Å². The molecule has 0 aromatic rings. The monoisotopic (exact) mass is 506 g/mol. The minimum Gasteiger partial charge on any atom is -0.382 e. The Morgan fingerprint density at radius 3 is 2.46 bits per heavy atom. The number of rotatable bonds is 11. The zero-order chi connectivity index (χ0) is 18.5. The van der Waals surface area contributed by atoms with Gasteiger partial charge in [-0.25, -0.2) is 12.7 Å². The third-order valence-electron chi connectivity index (χ3n) is 4.08. The van der Waals surface area contributed by atoms with Gasteiger partial charge in [0.1, 0.15) is 0 Å². The van der Waals surface area contributed by atoms with Crippen LogP contribution >= 0.6 is 24.0 Å². The zero-order valence-electron chi connectivity index (χ0n) is 16.2. The van der Waals surface area contributed by atoms with Gasteiger partial charge in [-0.2, -0.15) is 0 Å². The third kappa shape index (κ3) is 11.5. The van der Waals surface area contributed by atoms with Crippen molar-refractivity contribution < 1.29 is 17.9 Å². The fourth-order valence-electron chi connectivity index (χ4n) is 2.61. The van der Waals surface area contributed by atoms with Gasteiger partial charge < -0.3 is 20.1 Å². The number of nitrogens with zero attached hydrogens (tertiary/aromatic N) is 2. The van der Waals surface area contributed by atoms with Crippen LogP contribution in [0.1, 0.15) is 26.2 Å². The van der Waals surface area contributed by atoms with Crippen LogP contribution in [-0.4, -0.2) is 84.6 Å². The fourth-order valence-corrected chi connectivity index (χ4v) is 3.49. The highest BCUT2D eigenvalue weighted by molar-refractivity contribution is 14.0. The number of halogens is 1. The van der Waals surface area contributed by atoms with Gasteiger partial charge in [-0.3, -0.25) is 4.99 Å². The van der Waals surface area contributed by atoms with Crippen LogP contribution < -0.4 is 10.6 Å². The molecule has 26 heavy (non-hydrogen) atoms. The van der Waals surface area contributed by atoms with Crippen molar-refractivity contribution >= 4 is 40.0 Å². The average Bonchev–Trinajstić information content (AvgIpc) is 2.58. The van der Waals surface area contributed by atoms with Gasteiger partial charge in [0, 0.05) is 46.4 Å². The van der Waals surface area contributed by atoms with Crippen LogP contribution in [-0.2, 0) is 19.5 Å². The molecule has 1 fully saturated rings. The number of ether oxygens (including phenoxy) is 2. The summed E-state index contributed by atoms with van der Waals surface area (Å²) >= 11 is 0. The van der Waals surface area contributed by atoms with E-state index in [2.05, 4.69) is 15.6 Å². The number of nitrogens with one attached hydrogen (secondary N) is 2. The largest absolute Gasteiger partial charge is 0.382 e. The van der Waals surface area contributed by atoms with E-state index in [4.69, 9.17) is 9.47 Å². The summed E-state index contributed by atoms with van der Waals surface area (Å²) in [4.78, 5) is 4.64. The first-order valence-electron chi connectivity index (χ1n) is 9.01. The lowest BCUT2D eigenvalue weighted by Crippen LogP contribution is -2.40. The van der Waals surface area contributed by atoms with Crippen molar-refractivity contribution in [3.05, 3.63) is 0 Å². The predicted octanol–water partition coefficient (Wildman–Crippen LogP) is 0.884. The van der Waals surface area contributed by atoms with Crippen molar-refractivity contribution in [1.29, 1.82) is 0 Å². The first-order valence-corrected chi connectivity index (χ1v) is 10.9. The third-order valence-corrected chi connectivity index (χ3v) is 5.39. The molecular weight excluding hydrogens is 471 g/mol. The normalized spacial score (nSPS) is 17.0. The Hall–Kier alpha value is -0.170. The van der Waals surface area contributed by atoms with Crippen LogP contribution in [0.4, 0.5) is 0 Å². The van der Waals surface area contributed by atoms with Crippen LogP contribution in [0.5, 0.6) is 0 Å². The molecule has 1 heterocycles. The number of guanidine groups is 1. The van der Waals surface area contributed by atoms with E-state index in [0.29, 0.717) is 38.8 Å². The Kier molecular flexibility index (Phi) is 14.7. The van der Waals surface area contributed by atoms with E-state index in [1.54, 1.807) is 11.4 Å². The van der Waals surface area contributed by atoms with Gasteiger partial charge in [0.2, 0.25) is 10.0 Å². The molecule has 2 N–H and O–H groups in total. The second-order valence-corrected chi connectivity index (χ2v) is 8.19. The van der Waals surface area contributed by atoms with Crippen molar-refractivity contribution in [2.45, 2.75) is 26.2 Å². The maximum atomic E-state index is 11.5. The molecule has 1 rings (SSSR count). The molecular formula is C16H35IN4O4S. The lowest BCUT2D eigenvalue weighted by Gasteiger charge is -2.29. The number of sulfonamides is 1. The Labute approximate surface area is 175 Å². The number of methoxy groups -OCH3 is 1. The fraction of sp³-hybridized carbons (Fsp3) is 0.938. The number of hydrogen-bond acceptors (Lipinski definition) is 5. The highest BCUT2D eigenvalue weighted by atomic mass is 127. The van der Waals surface area contributed by atoms with Crippen molar-refractivity contribution in [1.82, 2.24) is 14.9 Å². The minimum absolute atomic E-state index is 0. The van der Waals surface area contributed by atoms with Gasteiger partial charge in [0.25, 0.3) is 0 Å². The molecule has 0 atom stereocenters. The first-order chi connectivity index (χ1) is 12.0. The Morgan fingerprint density at radius 1 is 1.19 bits per heavy atom. The highest BCUT2D eigenvalue weighted by Crippen LogP contribution is 2.19. The molecule has 8 nitrogen and oxygen atoms in total. The number of aliphatic imine (C=N–C) groups is 1. The lowest BCUT2D eigenvalue weighted by atomic mass is 9.98. The van der Waals surface area contributed by atoms with Crippen molar-refractivity contribution in [3.63, 3.8) is 0 Å². The predicted molar refractivity (Wildman–Crippen MR) is 116 cm³/mol. The summed E-state index contributed by atoms with van der Waals surface area (Å²) in [6.45, 7) is 7.50. The smallest absolute Gasteiger partial charge is 0.211 e. The SMILES string of the molecule is CCNC(=NCC1CCN(S(C)(=O)=O)CC1)NCCCOCCOC.I. The summed E-state index contributed by atoms with van der Waals surface area (Å²) in [5.74, 6) is 1.25. The van der Waals surface area contributed by atoms with Gasteiger partial charge >= 0.3 is 0 Å². The molecule has 0 radical (unpaired) electrons. The highest BCUT2D eigenvalue weighted by Gasteiger charge is 2.24. The summed E-state index contributed by atoms with van der Waals surface area (Å²) in [5, 5.41) is 6.54. The molecule has 0 aromatic carbocycles. The molecule has 0 aromatic heterocycles. The number of piperidine rings is 1. The average molecular weight is 506 g/mol. The van der Waals surface area contributed by atoms with E-state index in [1.165, 1.54) is 6.26 Å². The van der Waals surface area contributed by atoms with Crippen LogP contribution in [0.15, 0.2) is 4.99 Å². The van der Waals surface area contributed by atoms with Gasteiger partial charge in [-0.15, -0.1) is 24.0 Å². The summed E-state index contributed by atoms with van der Waals surface area (Å²) in [6, 6.07) is 0. The second-order valence-electron chi connectivity index (χ2n) is 6.21. The minimum atomic E-state index is -3.06. The summed E-state index contributed by atoms with van der Waals surface area (Å²) in [6.07, 6.45) is 3.91. The standard InChI is InChI=1S/C16H34N4O4S.HI/c1-4-17-16(18-8-5-11-24-13-12-23-2)19-14-15-6-9-20(10-7-15)25(3,21)22;/h15H,4-14H2,1-3H3,(H2,17,18,19);1H. The molecule has 1 aliphatic rings. The van der Waals surface area contributed by atoms with E-state index in [1.807, 2.05) is 6.92 Å². The first kappa shape index (κ1) is 25.8. The maximum Gasteiger partial charge on any atom is 0.211 e. The molecule has 1 saturated heterocycles. The van der Waals surface area contributed by atoms with Gasteiger partial charge in [-0.05, 0) is 32.1 Å². The van der Waals surface area contributed by atoms with E-state index in [9.17, 15) is 8.42 Å². The maximum absolute atomic E-state index is 11.5. The molecule has 156 valence electrons. The van der Waals surface area contributed by atoms with Gasteiger partial charge in [0.15, 0.2) is 5.96 Å². The van der Waals surface area contributed by atoms with Crippen LogP contribution in [0, 0.1) is 5.92 Å². The Bertz CT molecular complexity index is 483. The summed E-state index contributed by atoms with van der Waals surface area (Å²) < 4.78 is 35.0. The topological polar surface area (TPSA) is 92.3 Å². The van der Waals surface area contributed by atoms with Crippen molar-refractivity contribution in [3.8, 4) is 0 Å². The quantitative estimate of drug-likeness (QED) is 0.187.